The number of aliphatic hydroxyl groups is 1. The van der Waals surface area contributed by atoms with Crippen LogP contribution >= 0.6 is 0 Å². The van der Waals surface area contributed by atoms with Gasteiger partial charge in [-0.2, -0.15) is 5.26 Å². The topological polar surface area (TPSA) is 56.0 Å². The molecule has 3 nitrogen and oxygen atoms in total. The van der Waals surface area contributed by atoms with Crippen LogP contribution in [0.2, 0.25) is 0 Å². The summed E-state index contributed by atoms with van der Waals surface area (Å²) in [6, 6.07) is 2.83. The van der Waals surface area contributed by atoms with E-state index in [2.05, 4.69) is 11.4 Å². The molecule has 0 amide bonds. The van der Waals surface area contributed by atoms with Gasteiger partial charge in [0, 0.05) is 19.2 Å². The van der Waals surface area contributed by atoms with Gasteiger partial charge in [-0.15, -0.1) is 0 Å². The first-order valence-electron chi connectivity index (χ1n) is 6.53. The third kappa shape index (κ3) is 2.75. The van der Waals surface area contributed by atoms with E-state index in [0.717, 1.165) is 25.8 Å². The van der Waals surface area contributed by atoms with E-state index in [9.17, 15) is 0 Å². The summed E-state index contributed by atoms with van der Waals surface area (Å²) >= 11 is 0. The normalized spacial score (nSPS) is 32.0. The number of aliphatic hydroxyl groups excluding tert-OH is 1. The average Bonchev–Trinajstić information content (AvgIpc) is 3.08. The van der Waals surface area contributed by atoms with Crippen LogP contribution < -0.4 is 5.32 Å². The Morgan fingerprint density at radius 2 is 2.06 bits per heavy atom. The monoisotopic (exact) mass is 222 g/mol. The molecule has 2 saturated carbocycles. The molecule has 0 heterocycles. The molecular weight excluding hydrogens is 200 g/mol. The van der Waals surface area contributed by atoms with Gasteiger partial charge in [0.15, 0.2) is 0 Å². The molecule has 2 N–H and O–H groups in total. The second-order valence-corrected chi connectivity index (χ2v) is 5.48. The molecule has 0 aromatic heterocycles. The summed E-state index contributed by atoms with van der Waals surface area (Å²) in [5, 5.41) is 21.7. The van der Waals surface area contributed by atoms with Crippen molar-refractivity contribution in [2.45, 2.75) is 51.0 Å². The molecular formula is C13H22N2O. The Balaban J connectivity index is 1.78. The van der Waals surface area contributed by atoms with Crippen LogP contribution in [-0.2, 0) is 0 Å². The van der Waals surface area contributed by atoms with E-state index in [1.165, 1.54) is 25.7 Å². The van der Waals surface area contributed by atoms with Crippen molar-refractivity contribution in [2.24, 2.45) is 11.3 Å². The van der Waals surface area contributed by atoms with Gasteiger partial charge in [0.2, 0.25) is 0 Å². The van der Waals surface area contributed by atoms with Crippen LogP contribution in [0.4, 0.5) is 0 Å². The number of hydrogen-bond donors (Lipinski definition) is 2. The Labute approximate surface area is 97.8 Å². The largest absolute Gasteiger partial charge is 0.396 e. The minimum absolute atomic E-state index is 0.207. The van der Waals surface area contributed by atoms with Crippen molar-refractivity contribution in [3.63, 3.8) is 0 Å². The van der Waals surface area contributed by atoms with Gasteiger partial charge in [-0.05, 0) is 37.5 Å². The zero-order chi connectivity index (χ0) is 11.4. The lowest BCUT2D eigenvalue weighted by atomic mass is 9.85. The summed E-state index contributed by atoms with van der Waals surface area (Å²) in [4.78, 5) is 0. The maximum atomic E-state index is 9.08. The lowest BCUT2D eigenvalue weighted by Crippen LogP contribution is -2.41. The van der Waals surface area contributed by atoms with E-state index in [4.69, 9.17) is 10.4 Å². The Morgan fingerprint density at radius 3 is 2.69 bits per heavy atom. The van der Waals surface area contributed by atoms with E-state index in [-0.39, 0.29) is 5.92 Å². The second-order valence-electron chi connectivity index (χ2n) is 5.48. The summed E-state index contributed by atoms with van der Waals surface area (Å²) in [7, 11) is 0. The SMILES string of the molecule is N#CC1CCCCC1NCC1(CCO)CC1. The lowest BCUT2D eigenvalue weighted by molar-refractivity contribution is 0.230. The number of nitriles is 1. The van der Waals surface area contributed by atoms with Gasteiger partial charge in [0.1, 0.15) is 0 Å². The number of hydrogen-bond acceptors (Lipinski definition) is 3. The van der Waals surface area contributed by atoms with E-state index >= 15 is 0 Å². The first-order chi connectivity index (χ1) is 7.79. The maximum Gasteiger partial charge on any atom is 0.0672 e. The predicted octanol–water partition coefficient (Wildman–Crippen LogP) is 1.82. The van der Waals surface area contributed by atoms with Crippen molar-refractivity contribution in [2.75, 3.05) is 13.2 Å². The summed E-state index contributed by atoms with van der Waals surface area (Å²) in [6.45, 7) is 1.30. The summed E-state index contributed by atoms with van der Waals surface area (Å²) < 4.78 is 0. The molecule has 0 aliphatic heterocycles. The molecule has 0 aromatic carbocycles. The van der Waals surface area contributed by atoms with Crippen molar-refractivity contribution in [1.82, 2.24) is 5.32 Å². The minimum atomic E-state index is 0.207. The van der Waals surface area contributed by atoms with Crippen LogP contribution in [0.1, 0.15) is 44.9 Å². The van der Waals surface area contributed by atoms with Crippen molar-refractivity contribution >= 4 is 0 Å². The molecule has 2 fully saturated rings. The van der Waals surface area contributed by atoms with Gasteiger partial charge in [0.25, 0.3) is 0 Å². The lowest BCUT2D eigenvalue weighted by Gasteiger charge is -2.29. The van der Waals surface area contributed by atoms with E-state index < -0.39 is 0 Å². The van der Waals surface area contributed by atoms with Crippen molar-refractivity contribution in [3.8, 4) is 6.07 Å². The highest BCUT2D eigenvalue weighted by atomic mass is 16.3. The molecule has 90 valence electrons. The second kappa shape index (κ2) is 5.16. The molecule has 2 rings (SSSR count). The van der Waals surface area contributed by atoms with Crippen LogP contribution in [0.25, 0.3) is 0 Å². The first-order valence-corrected chi connectivity index (χ1v) is 6.53. The fourth-order valence-corrected chi connectivity index (χ4v) is 2.81. The minimum Gasteiger partial charge on any atom is -0.396 e. The fraction of sp³-hybridized carbons (Fsp3) is 0.923. The van der Waals surface area contributed by atoms with E-state index in [0.29, 0.717) is 18.1 Å². The standard InChI is InChI=1S/C13H22N2O/c14-9-11-3-1-2-4-12(11)15-10-13(5-6-13)7-8-16/h11-12,15-16H,1-8,10H2. The quantitative estimate of drug-likeness (QED) is 0.746. The van der Waals surface area contributed by atoms with Crippen molar-refractivity contribution < 1.29 is 5.11 Å². The molecule has 2 aliphatic carbocycles. The molecule has 2 unspecified atom stereocenters. The zero-order valence-electron chi connectivity index (χ0n) is 9.91. The third-order valence-corrected chi connectivity index (χ3v) is 4.27. The summed E-state index contributed by atoms with van der Waals surface area (Å²) in [5.74, 6) is 0.207. The zero-order valence-corrected chi connectivity index (χ0v) is 9.91. The molecule has 0 bridgehead atoms. The van der Waals surface area contributed by atoms with Gasteiger partial charge in [0.05, 0.1) is 12.0 Å². The molecule has 0 radical (unpaired) electrons. The first kappa shape index (κ1) is 11.9. The third-order valence-electron chi connectivity index (χ3n) is 4.27. The molecule has 2 atom stereocenters. The average molecular weight is 222 g/mol. The highest BCUT2D eigenvalue weighted by Crippen LogP contribution is 2.48. The summed E-state index contributed by atoms with van der Waals surface area (Å²) in [5.41, 5.74) is 0.367. The van der Waals surface area contributed by atoms with Crippen LogP contribution in [0.15, 0.2) is 0 Å². The highest BCUT2D eigenvalue weighted by Gasteiger charge is 2.42. The molecule has 16 heavy (non-hydrogen) atoms. The molecule has 0 saturated heterocycles. The van der Waals surface area contributed by atoms with Crippen LogP contribution in [0, 0.1) is 22.7 Å². The molecule has 0 spiro atoms. The van der Waals surface area contributed by atoms with Crippen molar-refractivity contribution in [3.05, 3.63) is 0 Å². The molecule has 0 aromatic rings. The van der Waals surface area contributed by atoms with Gasteiger partial charge in [-0.25, -0.2) is 0 Å². The van der Waals surface area contributed by atoms with Gasteiger partial charge >= 0.3 is 0 Å². The fourth-order valence-electron chi connectivity index (χ4n) is 2.81. The number of nitrogens with zero attached hydrogens (tertiary/aromatic N) is 1. The molecule has 2 aliphatic rings. The summed E-state index contributed by atoms with van der Waals surface area (Å²) in [6.07, 6.45) is 8.06. The number of nitrogens with one attached hydrogen (secondary N) is 1. The van der Waals surface area contributed by atoms with Crippen LogP contribution in [0.3, 0.4) is 0 Å². The van der Waals surface area contributed by atoms with E-state index in [1.54, 1.807) is 0 Å². The predicted molar refractivity (Wildman–Crippen MR) is 62.7 cm³/mol. The number of rotatable bonds is 5. The maximum absolute atomic E-state index is 9.08. The molecule has 3 heteroatoms. The van der Waals surface area contributed by atoms with E-state index in [1.807, 2.05) is 0 Å². The van der Waals surface area contributed by atoms with Crippen molar-refractivity contribution in [1.29, 1.82) is 5.26 Å². The Morgan fingerprint density at radius 1 is 1.31 bits per heavy atom. The van der Waals surface area contributed by atoms with Crippen LogP contribution in [0.5, 0.6) is 0 Å². The smallest absolute Gasteiger partial charge is 0.0672 e. The van der Waals surface area contributed by atoms with Gasteiger partial charge < -0.3 is 10.4 Å². The van der Waals surface area contributed by atoms with Gasteiger partial charge in [-0.3, -0.25) is 0 Å². The van der Waals surface area contributed by atoms with Gasteiger partial charge in [-0.1, -0.05) is 12.8 Å². The Bertz CT molecular complexity index is 268. The Hall–Kier alpha value is -0.590. The Kier molecular flexibility index (Phi) is 3.83. The highest BCUT2D eigenvalue weighted by molar-refractivity contribution is 4.99. The van der Waals surface area contributed by atoms with Crippen LogP contribution in [-0.4, -0.2) is 24.3 Å².